The number of halogens is 1. The van der Waals surface area contributed by atoms with Crippen LogP contribution in [0.2, 0.25) is 5.02 Å². The molecular formula is C37H44ClN7O6. The molecule has 1 aliphatic rings. The highest BCUT2D eigenvalue weighted by atomic mass is 35.5. The van der Waals surface area contributed by atoms with Gasteiger partial charge in [0.05, 0.1) is 28.2 Å². The topological polar surface area (TPSA) is 141 Å². The summed E-state index contributed by atoms with van der Waals surface area (Å²) in [7, 11) is 1.76. The summed E-state index contributed by atoms with van der Waals surface area (Å²) in [4.78, 5) is 58.8. The number of hydrogen-bond donors (Lipinski definition) is 1. The van der Waals surface area contributed by atoms with Crippen LogP contribution in [0.5, 0.6) is 0 Å². The zero-order valence-electron chi connectivity index (χ0n) is 30.2. The molecule has 2 aromatic carbocycles. The minimum Gasteiger partial charge on any atom is -0.459 e. The van der Waals surface area contributed by atoms with Crippen molar-refractivity contribution in [1.29, 1.82) is 0 Å². The Morgan fingerprint density at radius 1 is 0.863 bits per heavy atom. The second kappa shape index (κ2) is 14.6. The highest BCUT2D eigenvalue weighted by Crippen LogP contribution is 2.28. The molecule has 0 radical (unpaired) electrons. The SMILES string of the molecule is Cc1nn(CC(=O)OC(C)(C)C)cc1-c1ccc(-c2cnc(C(=O)Nc3ccc(C(=O)N4CCN(C(=O)OC(C)(C)C)CC4)c(Cl)c3)n2C)cc1. The summed E-state index contributed by atoms with van der Waals surface area (Å²) in [5.41, 5.74) is 3.72. The van der Waals surface area contributed by atoms with E-state index in [1.165, 1.54) is 6.07 Å². The monoisotopic (exact) mass is 717 g/mol. The lowest BCUT2D eigenvalue weighted by molar-refractivity contribution is -0.155. The Hall–Kier alpha value is -5.17. The first-order chi connectivity index (χ1) is 23.9. The van der Waals surface area contributed by atoms with Gasteiger partial charge in [-0.25, -0.2) is 9.78 Å². The van der Waals surface area contributed by atoms with Crippen LogP contribution in [0.3, 0.4) is 0 Å². The van der Waals surface area contributed by atoms with Crippen LogP contribution in [-0.4, -0.2) is 90.4 Å². The lowest BCUT2D eigenvalue weighted by Crippen LogP contribution is -2.51. The molecule has 0 unspecified atom stereocenters. The number of benzene rings is 2. The molecule has 3 heterocycles. The van der Waals surface area contributed by atoms with Gasteiger partial charge in [0.1, 0.15) is 17.7 Å². The third-order valence-electron chi connectivity index (χ3n) is 8.02. The summed E-state index contributed by atoms with van der Waals surface area (Å²) in [6.07, 6.45) is 3.05. The Balaban J connectivity index is 1.20. The van der Waals surface area contributed by atoms with E-state index in [2.05, 4.69) is 15.4 Å². The molecule has 0 atom stereocenters. The molecule has 5 rings (SSSR count). The van der Waals surface area contributed by atoms with Crippen molar-refractivity contribution in [2.75, 3.05) is 31.5 Å². The number of esters is 1. The maximum absolute atomic E-state index is 13.3. The largest absolute Gasteiger partial charge is 0.459 e. The van der Waals surface area contributed by atoms with E-state index in [0.717, 1.165) is 28.1 Å². The molecule has 3 amide bonds. The van der Waals surface area contributed by atoms with E-state index in [-0.39, 0.29) is 29.3 Å². The normalized spacial score (nSPS) is 13.6. The van der Waals surface area contributed by atoms with Crippen LogP contribution in [0.1, 0.15) is 68.2 Å². The smallest absolute Gasteiger partial charge is 0.410 e. The van der Waals surface area contributed by atoms with Crippen LogP contribution >= 0.6 is 11.6 Å². The van der Waals surface area contributed by atoms with Gasteiger partial charge in [-0.3, -0.25) is 19.1 Å². The number of nitrogens with one attached hydrogen (secondary N) is 1. The molecule has 1 saturated heterocycles. The van der Waals surface area contributed by atoms with E-state index < -0.39 is 23.2 Å². The highest BCUT2D eigenvalue weighted by molar-refractivity contribution is 6.34. The first-order valence-electron chi connectivity index (χ1n) is 16.6. The first kappa shape index (κ1) is 37.1. The van der Waals surface area contributed by atoms with E-state index in [1.807, 2.05) is 78.9 Å². The lowest BCUT2D eigenvalue weighted by Gasteiger charge is -2.35. The zero-order chi connectivity index (χ0) is 37.2. The molecule has 1 aliphatic heterocycles. The Morgan fingerprint density at radius 3 is 2.08 bits per heavy atom. The zero-order valence-corrected chi connectivity index (χ0v) is 31.0. The van der Waals surface area contributed by atoms with Crippen molar-refractivity contribution in [3.63, 3.8) is 0 Å². The van der Waals surface area contributed by atoms with Gasteiger partial charge in [0.2, 0.25) is 0 Å². The molecule has 0 saturated carbocycles. The van der Waals surface area contributed by atoms with Crippen LogP contribution in [0.4, 0.5) is 10.5 Å². The lowest BCUT2D eigenvalue weighted by atomic mass is 10.0. The predicted octanol–water partition coefficient (Wildman–Crippen LogP) is 6.20. The number of anilines is 1. The number of aromatic nitrogens is 4. The van der Waals surface area contributed by atoms with Crippen molar-refractivity contribution < 1.29 is 28.7 Å². The number of ether oxygens (including phenoxy) is 2. The van der Waals surface area contributed by atoms with Crippen molar-refractivity contribution in [2.45, 2.75) is 66.2 Å². The minimum atomic E-state index is -0.597. The Kier molecular flexibility index (Phi) is 10.6. The van der Waals surface area contributed by atoms with Gasteiger partial charge in [0, 0.05) is 50.7 Å². The number of hydrogen-bond acceptors (Lipinski definition) is 8. The summed E-state index contributed by atoms with van der Waals surface area (Å²) >= 11 is 6.52. The van der Waals surface area contributed by atoms with Crippen molar-refractivity contribution >= 4 is 41.2 Å². The summed E-state index contributed by atoms with van der Waals surface area (Å²) in [5, 5.41) is 7.49. The average Bonchev–Trinajstić information content (AvgIpc) is 3.60. The fourth-order valence-corrected chi connectivity index (χ4v) is 5.90. The third-order valence-corrected chi connectivity index (χ3v) is 8.33. The van der Waals surface area contributed by atoms with E-state index in [4.69, 9.17) is 21.1 Å². The van der Waals surface area contributed by atoms with Crippen LogP contribution in [-0.2, 0) is 27.9 Å². The second-order valence-corrected chi connectivity index (χ2v) is 14.8. The van der Waals surface area contributed by atoms with Crippen LogP contribution in [0.15, 0.2) is 54.9 Å². The van der Waals surface area contributed by atoms with Gasteiger partial charge in [0.15, 0.2) is 5.82 Å². The summed E-state index contributed by atoms with van der Waals surface area (Å²) in [5.74, 6) is -0.873. The maximum atomic E-state index is 13.3. The van der Waals surface area contributed by atoms with Crippen LogP contribution < -0.4 is 5.32 Å². The number of carbonyl (C=O) groups excluding carboxylic acids is 4. The van der Waals surface area contributed by atoms with E-state index in [9.17, 15) is 19.2 Å². The van der Waals surface area contributed by atoms with E-state index >= 15 is 0 Å². The van der Waals surface area contributed by atoms with Crippen LogP contribution in [0.25, 0.3) is 22.4 Å². The molecule has 0 spiro atoms. The van der Waals surface area contributed by atoms with Crippen LogP contribution in [0, 0.1) is 6.92 Å². The van der Waals surface area contributed by atoms with Gasteiger partial charge in [0.25, 0.3) is 11.8 Å². The van der Waals surface area contributed by atoms with Gasteiger partial charge >= 0.3 is 12.1 Å². The summed E-state index contributed by atoms with van der Waals surface area (Å²) in [6, 6.07) is 12.5. The molecule has 51 heavy (non-hydrogen) atoms. The predicted molar refractivity (Wildman–Crippen MR) is 194 cm³/mol. The van der Waals surface area contributed by atoms with E-state index in [1.54, 1.807) is 44.4 Å². The number of amides is 3. The summed E-state index contributed by atoms with van der Waals surface area (Å²) in [6.45, 7) is 14.2. The maximum Gasteiger partial charge on any atom is 0.410 e. The van der Waals surface area contributed by atoms with Gasteiger partial charge in [-0.1, -0.05) is 35.9 Å². The average molecular weight is 718 g/mol. The van der Waals surface area contributed by atoms with Gasteiger partial charge < -0.3 is 29.2 Å². The number of piperazine rings is 1. The highest BCUT2D eigenvalue weighted by Gasteiger charge is 2.29. The third kappa shape index (κ3) is 9.14. The first-order valence-corrected chi connectivity index (χ1v) is 17.0. The Morgan fingerprint density at radius 2 is 1.47 bits per heavy atom. The molecule has 270 valence electrons. The number of rotatable bonds is 7. The number of imidazole rings is 1. The molecule has 14 heteroatoms. The van der Waals surface area contributed by atoms with Crippen molar-refractivity contribution in [3.05, 3.63) is 77.0 Å². The minimum absolute atomic E-state index is 0.0147. The molecule has 0 aliphatic carbocycles. The van der Waals surface area contributed by atoms with Crippen molar-refractivity contribution in [2.24, 2.45) is 7.05 Å². The molecular weight excluding hydrogens is 674 g/mol. The second-order valence-electron chi connectivity index (χ2n) is 14.4. The molecule has 4 aromatic rings. The molecule has 2 aromatic heterocycles. The van der Waals surface area contributed by atoms with Gasteiger partial charge in [-0.2, -0.15) is 5.10 Å². The number of aryl methyl sites for hydroxylation is 1. The number of carbonyl (C=O) groups is 4. The van der Waals surface area contributed by atoms with E-state index in [0.29, 0.717) is 37.4 Å². The summed E-state index contributed by atoms with van der Waals surface area (Å²) < 4.78 is 14.1. The molecule has 13 nitrogen and oxygen atoms in total. The molecule has 0 bridgehead atoms. The standard InChI is InChI=1S/C37H44ClN7O6/c1-23-28(21-45(41-23)22-31(46)50-36(2,3)4)24-9-11-25(12-10-24)30-20-39-32(42(30)8)33(47)40-26-13-14-27(29(38)19-26)34(48)43-15-17-44(18-16-43)35(49)51-37(5,6)7/h9-14,19-21H,15-18,22H2,1-8H3,(H,40,47). The van der Waals surface area contributed by atoms with Gasteiger partial charge in [-0.05, 0) is 77.8 Å². The fraction of sp³-hybridized carbons (Fsp3) is 0.405. The Bertz CT molecular complexity index is 1940. The van der Waals surface area contributed by atoms with Gasteiger partial charge in [-0.15, -0.1) is 0 Å². The van der Waals surface area contributed by atoms with Crippen molar-refractivity contribution in [1.82, 2.24) is 29.1 Å². The fourth-order valence-electron chi connectivity index (χ4n) is 5.64. The van der Waals surface area contributed by atoms with Crippen molar-refractivity contribution in [3.8, 4) is 22.4 Å². The quantitative estimate of drug-likeness (QED) is 0.223. The molecule has 1 fully saturated rings. The number of nitrogens with zero attached hydrogens (tertiary/aromatic N) is 6. The Labute approximate surface area is 302 Å². The molecule has 1 N–H and O–H groups in total.